The molecule has 0 aliphatic carbocycles. The Kier molecular flexibility index (Phi) is 8.24. The highest BCUT2D eigenvalue weighted by Gasteiger charge is 2.26. The van der Waals surface area contributed by atoms with Crippen LogP contribution in [-0.2, 0) is 14.1 Å². The number of carbonyl (C=O) groups excluding carboxylic acids is 1. The number of hydrogen-bond acceptors (Lipinski definition) is 5. The minimum atomic E-state index is -3.39. The maximum absolute atomic E-state index is 13.5. The first kappa shape index (κ1) is 22.2. The number of aliphatic hydroxyl groups excluding tert-OH is 1. The van der Waals surface area contributed by atoms with Crippen LogP contribution < -0.4 is 9.61 Å². The van der Waals surface area contributed by atoms with Crippen molar-refractivity contribution < 1.29 is 23.7 Å². The normalized spacial score (nSPS) is 14.1. The maximum Gasteiger partial charge on any atom is 0.320 e. The van der Waals surface area contributed by atoms with Gasteiger partial charge in [-0.3, -0.25) is 9.36 Å². The van der Waals surface area contributed by atoms with E-state index in [1.54, 1.807) is 26.8 Å². The van der Waals surface area contributed by atoms with Crippen LogP contribution in [0.2, 0.25) is 0 Å². The van der Waals surface area contributed by atoms with Gasteiger partial charge in [0, 0.05) is 5.39 Å². The molecule has 1 unspecified atom stereocenters. The Bertz CT molecular complexity index is 873. The highest BCUT2D eigenvalue weighted by Crippen LogP contribution is 2.45. The van der Waals surface area contributed by atoms with Crippen LogP contribution in [0.3, 0.4) is 0 Å². The van der Waals surface area contributed by atoms with Gasteiger partial charge in [-0.15, -0.1) is 0 Å². The van der Waals surface area contributed by atoms with Crippen LogP contribution in [0.25, 0.3) is 10.8 Å². The molecule has 0 saturated heterocycles. The first-order valence-electron chi connectivity index (χ1n) is 9.30. The van der Waals surface area contributed by atoms with Crippen LogP contribution in [0.15, 0.2) is 54.1 Å². The number of hydrogen-bond donors (Lipinski definition) is 2. The van der Waals surface area contributed by atoms with Crippen molar-refractivity contribution >= 4 is 24.3 Å². The fourth-order valence-electron chi connectivity index (χ4n) is 2.63. The molecule has 0 aromatic heterocycles. The van der Waals surface area contributed by atoms with Crippen LogP contribution >= 0.6 is 7.52 Å². The van der Waals surface area contributed by atoms with Crippen LogP contribution in [0, 0.1) is 0 Å². The molecule has 0 spiro atoms. The molecule has 1 atom stereocenters. The van der Waals surface area contributed by atoms with E-state index in [0.29, 0.717) is 12.2 Å². The van der Waals surface area contributed by atoms with Crippen molar-refractivity contribution in [3.8, 4) is 5.75 Å². The molecule has 0 aliphatic heterocycles. The predicted molar refractivity (Wildman–Crippen MR) is 112 cm³/mol. The SMILES string of the molecule is C/C(=C\CCP(=O)(NCC(=O)OC(C)C)Oc1cccc2ccccc12)CO. The van der Waals surface area contributed by atoms with Gasteiger partial charge >= 0.3 is 13.5 Å². The zero-order valence-corrected chi connectivity index (χ0v) is 17.4. The lowest BCUT2D eigenvalue weighted by Gasteiger charge is -2.21. The van der Waals surface area contributed by atoms with Crippen molar-refractivity contribution in [3.63, 3.8) is 0 Å². The summed E-state index contributed by atoms with van der Waals surface area (Å²) in [5.41, 5.74) is 0.788. The Morgan fingerprint density at radius 2 is 1.93 bits per heavy atom. The van der Waals surface area contributed by atoms with Gasteiger partial charge in [0.05, 0.1) is 18.9 Å². The first-order chi connectivity index (χ1) is 13.3. The molecular weight excluding hydrogens is 377 g/mol. The Labute approximate surface area is 166 Å². The van der Waals surface area contributed by atoms with E-state index in [4.69, 9.17) is 14.4 Å². The number of rotatable bonds is 10. The molecule has 0 saturated carbocycles. The monoisotopic (exact) mass is 405 g/mol. The van der Waals surface area contributed by atoms with Gasteiger partial charge in [0.1, 0.15) is 12.3 Å². The number of allylic oxidation sites excluding steroid dienone is 1. The van der Waals surface area contributed by atoms with Crippen molar-refractivity contribution in [2.75, 3.05) is 19.3 Å². The molecular formula is C21H28NO5P. The third-order valence-electron chi connectivity index (χ3n) is 3.99. The molecule has 2 rings (SSSR count). The van der Waals surface area contributed by atoms with Gasteiger partial charge < -0.3 is 14.4 Å². The van der Waals surface area contributed by atoms with Crippen molar-refractivity contribution in [2.24, 2.45) is 0 Å². The summed E-state index contributed by atoms with van der Waals surface area (Å²) >= 11 is 0. The Morgan fingerprint density at radius 3 is 2.64 bits per heavy atom. The first-order valence-corrected chi connectivity index (χ1v) is 11.1. The van der Waals surface area contributed by atoms with E-state index in [2.05, 4.69) is 5.09 Å². The molecule has 0 radical (unpaired) electrons. The number of ether oxygens (including phenoxy) is 1. The van der Waals surface area contributed by atoms with E-state index in [1.165, 1.54) is 0 Å². The summed E-state index contributed by atoms with van der Waals surface area (Å²) in [6.45, 7) is 5.05. The number of esters is 1. The third kappa shape index (κ3) is 6.79. The smallest absolute Gasteiger partial charge is 0.320 e. The van der Waals surface area contributed by atoms with E-state index in [0.717, 1.165) is 16.3 Å². The van der Waals surface area contributed by atoms with Gasteiger partial charge in [0.2, 0.25) is 0 Å². The molecule has 2 N–H and O–H groups in total. The summed E-state index contributed by atoms with van der Waals surface area (Å²) in [7, 11) is -3.39. The topological polar surface area (TPSA) is 84.9 Å². The van der Waals surface area contributed by atoms with E-state index in [1.807, 2.05) is 42.5 Å². The Balaban J connectivity index is 2.21. The third-order valence-corrected chi connectivity index (χ3v) is 5.97. The highest BCUT2D eigenvalue weighted by molar-refractivity contribution is 7.57. The van der Waals surface area contributed by atoms with Crippen LogP contribution in [0.4, 0.5) is 0 Å². The standard InChI is InChI=1S/C21H28NO5P/c1-16(2)26-21(24)14-22-28(25,13-7-8-17(3)15-23)27-20-12-6-10-18-9-4-5-11-19(18)20/h4-6,8-12,16,23H,7,13-15H2,1-3H3,(H,22,25)/b17-8+. The second-order valence-electron chi connectivity index (χ2n) is 6.84. The fourth-order valence-corrected chi connectivity index (χ4v) is 4.26. The minimum Gasteiger partial charge on any atom is -0.462 e. The lowest BCUT2D eigenvalue weighted by atomic mass is 10.1. The molecule has 0 bridgehead atoms. The zero-order chi connectivity index (χ0) is 20.6. The molecule has 7 heteroatoms. The van der Waals surface area contributed by atoms with Crippen molar-refractivity contribution in [1.82, 2.24) is 5.09 Å². The van der Waals surface area contributed by atoms with Gasteiger partial charge in [0.15, 0.2) is 0 Å². The largest absolute Gasteiger partial charge is 0.462 e. The molecule has 0 fully saturated rings. The molecule has 6 nitrogen and oxygen atoms in total. The van der Waals surface area contributed by atoms with Crippen LogP contribution in [-0.4, -0.2) is 36.5 Å². The van der Waals surface area contributed by atoms with Gasteiger partial charge in [-0.25, -0.2) is 5.09 Å². The highest BCUT2D eigenvalue weighted by atomic mass is 31.2. The average molecular weight is 405 g/mol. The second-order valence-corrected chi connectivity index (χ2v) is 9.13. The van der Waals surface area contributed by atoms with Crippen molar-refractivity contribution in [3.05, 3.63) is 54.1 Å². The fraction of sp³-hybridized carbons (Fsp3) is 0.381. The number of aliphatic hydroxyl groups is 1. The van der Waals surface area contributed by atoms with E-state index >= 15 is 0 Å². The second kappa shape index (κ2) is 10.4. The molecule has 28 heavy (non-hydrogen) atoms. The van der Waals surface area contributed by atoms with Gasteiger partial charge in [-0.05, 0) is 38.6 Å². The number of fused-ring (bicyclic) bond motifs is 1. The summed E-state index contributed by atoms with van der Waals surface area (Å²) in [6, 6.07) is 13.2. The van der Waals surface area contributed by atoms with Gasteiger partial charge in [-0.1, -0.05) is 48.0 Å². The molecule has 0 aliphatic rings. The molecule has 0 amide bonds. The summed E-state index contributed by atoms with van der Waals surface area (Å²) in [6.07, 6.45) is 2.19. The summed E-state index contributed by atoms with van der Waals surface area (Å²) in [5, 5.41) is 13.7. The van der Waals surface area contributed by atoms with E-state index in [9.17, 15) is 9.36 Å². The Morgan fingerprint density at radius 1 is 1.21 bits per heavy atom. The lowest BCUT2D eigenvalue weighted by Crippen LogP contribution is -2.27. The van der Waals surface area contributed by atoms with Crippen LogP contribution in [0.1, 0.15) is 27.2 Å². The molecule has 152 valence electrons. The number of nitrogens with one attached hydrogen (secondary N) is 1. The predicted octanol–water partition coefficient (Wildman–Crippen LogP) is 4.28. The Hall–Kier alpha value is -2.14. The lowest BCUT2D eigenvalue weighted by molar-refractivity contribution is -0.145. The van der Waals surface area contributed by atoms with E-state index in [-0.39, 0.29) is 25.4 Å². The van der Waals surface area contributed by atoms with Gasteiger partial charge in [0.25, 0.3) is 0 Å². The van der Waals surface area contributed by atoms with Crippen molar-refractivity contribution in [1.29, 1.82) is 0 Å². The molecule has 0 heterocycles. The van der Waals surface area contributed by atoms with Gasteiger partial charge in [-0.2, -0.15) is 0 Å². The average Bonchev–Trinajstić information content (AvgIpc) is 2.66. The maximum atomic E-state index is 13.5. The van der Waals surface area contributed by atoms with Crippen molar-refractivity contribution in [2.45, 2.75) is 33.3 Å². The van der Waals surface area contributed by atoms with E-state index < -0.39 is 13.5 Å². The number of carbonyl (C=O) groups is 1. The number of benzene rings is 2. The zero-order valence-electron chi connectivity index (χ0n) is 16.6. The quantitative estimate of drug-likeness (QED) is 0.349. The molecule has 2 aromatic rings. The molecule has 2 aromatic carbocycles. The van der Waals surface area contributed by atoms with Crippen LogP contribution in [0.5, 0.6) is 5.75 Å². The summed E-state index contributed by atoms with van der Waals surface area (Å²) in [4.78, 5) is 11.9. The minimum absolute atomic E-state index is 0.0530. The summed E-state index contributed by atoms with van der Waals surface area (Å²) in [5.74, 6) is 0.00726. The summed E-state index contributed by atoms with van der Waals surface area (Å²) < 4.78 is 24.5.